The molecule has 0 aliphatic carbocycles. The Morgan fingerprint density at radius 2 is 1.61 bits per heavy atom. The second-order valence-electron chi connectivity index (χ2n) is 6.36. The molecule has 0 saturated heterocycles. The highest BCUT2D eigenvalue weighted by molar-refractivity contribution is 6.06. The van der Waals surface area contributed by atoms with Gasteiger partial charge in [0.2, 0.25) is 0 Å². The number of alkyl halides is 3. The van der Waals surface area contributed by atoms with Crippen molar-refractivity contribution in [2.24, 2.45) is 5.73 Å². The predicted octanol–water partition coefficient (Wildman–Crippen LogP) is 4.14. The maximum atomic E-state index is 12.8. The first-order valence-electron chi connectivity index (χ1n) is 8.66. The SMILES string of the molecule is NC(=O)c1[nH]cc(C(=O)O)c1-c1ccc(NC(=O)Nc2cccc(C(F)(F)F)c2)cc1. The number of benzene rings is 2. The highest BCUT2D eigenvalue weighted by Crippen LogP contribution is 2.31. The molecule has 0 spiro atoms. The lowest BCUT2D eigenvalue weighted by Gasteiger charge is -2.11. The molecular weight excluding hydrogens is 417 g/mol. The molecule has 0 atom stereocenters. The summed E-state index contributed by atoms with van der Waals surface area (Å²) in [6.07, 6.45) is -3.40. The van der Waals surface area contributed by atoms with Crippen LogP contribution in [-0.2, 0) is 6.18 Å². The van der Waals surface area contributed by atoms with E-state index in [1.807, 2.05) is 0 Å². The fraction of sp³-hybridized carbons (Fsp3) is 0.0500. The van der Waals surface area contributed by atoms with Gasteiger partial charge in [-0.05, 0) is 35.9 Å². The topological polar surface area (TPSA) is 137 Å². The minimum Gasteiger partial charge on any atom is -0.478 e. The number of H-pyrrole nitrogens is 1. The maximum Gasteiger partial charge on any atom is 0.416 e. The van der Waals surface area contributed by atoms with Gasteiger partial charge in [-0.3, -0.25) is 4.79 Å². The molecule has 0 aliphatic heterocycles. The molecule has 0 fully saturated rings. The van der Waals surface area contributed by atoms with Crippen LogP contribution in [0.2, 0.25) is 0 Å². The lowest BCUT2D eigenvalue weighted by Crippen LogP contribution is -2.19. The summed E-state index contributed by atoms with van der Waals surface area (Å²) in [6, 6.07) is 9.17. The third-order valence-corrected chi connectivity index (χ3v) is 4.24. The van der Waals surface area contributed by atoms with Crippen LogP contribution in [-0.4, -0.2) is 28.0 Å². The number of nitrogens with two attached hydrogens (primary N) is 1. The van der Waals surface area contributed by atoms with Crippen molar-refractivity contribution in [1.82, 2.24) is 4.98 Å². The minimum atomic E-state index is -4.54. The van der Waals surface area contributed by atoms with E-state index in [4.69, 9.17) is 5.73 Å². The van der Waals surface area contributed by atoms with E-state index in [1.165, 1.54) is 36.4 Å². The molecule has 1 aromatic heterocycles. The van der Waals surface area contributed by atoms with Crippen LogP contribution in [0.5, 0.6) is 0 Å². The van der Waals surface area contributed by atoms with Gasteiger partial charge in [0.15, 0.2) is 0 Å². The number of urea groups is 1. The molecular formula is C20H15F3N4O4. The van der Waals surface area contributed by atoms with E-state index in [0.717, 1.165) is 18.3 Å². The zero-order valence-corrected chi connectivity index (χ0v) is 15.6. The van der Waals surface area contributed by atoms with Gasteiger partial charge in [-0.15, -0.1) is 0 Å². The van der Waals surface area contributed by atoms with Gasteiger partial charge in [-0.1, -0.05) is 18.2 Å². The molecule has 0 aliphatic rings. The van der Waals surface area contributed by atoms with Crippen LogP contribution in [0, 0.1) is 0 Å². The number of aromatic carboxylic acids is 1. The number of rotatable bonds is 5. The van der Waals surface area contributed by atoms with Gasteiger partial charge in [-0.25, -0.2) is 9.59 Å². The average Bonchev–Trinajstić information content (AvgIpc) is 3.14. The van der Waals surface area contributed by atoms with Crippen LogP contribution in [0.1, 0.15) is 26.4 Å². The molecule has 3 amide bonds. The normalized spacial score (nSPS) is 11.1. The molecule has 0 radical (unpaired) electrons. The first kappa shape index (κ1) is 21.4. The second-order valence-corrected chi connectivity index (χ2v) is 6.36. The molecule has 160 valence electrons. The number of anilines is 2. The van der Waals surface area contributed by atoms with Crippen LogP contribution in [0.3, 0.4) is 0 Å². The van der Waals surface area contributed by atoms with Crippen LogP contribution in [0.4, 0.5) is 29.3 Å². The van der Waals surface area contributed by atoms with Crippen molar-refractivity contribution in [3.63, 3.8) is 0 Å². The Morgan fingerprint density at radius 3 is 2.19 bits per heavy atom. The summed E-state index contributed by atoms with van der Waals surface area (Å²) in [5.41, 5.74) is 4.82. The standard InChI is InChI=1S/C20H15F3N4O4/c21-20(22,23)11-2-1-3-13(8-11)27-19(31)26-12-6-4-10(5-7-12)15-14(18(29)30)9-25-16(15)17(24)28/h1-9,25H,(H2,24,28)(H,29,30)(H2,26,27,31). The summed E-state index contributed by atoms with van der Waals surface area (Å²) in [4.78, 5) is 37.6. The Bertz CT molecular complexity index is 1120. The molecule has 6 N–H and O–H groups in total. The number of carboxylic acid groups (broad SMARTS) is 1. The largest absolute Gasteiger partial charge is 0.478 e. The Labute approximate surface area is 172 Å². The van der Waals surface area contributed by atoms with Gasteiger partial charge in [0.05, 0.1) is 11.1 Å². The first-order chi connectivity index (χ1) is 14.6. The maximum absolute atomic E-state index is 12.8. The van der Waals surface area contributed by atoms with Crippen molar-refractivity contribution in [3.05, 3.63) is 71.5 Å². The van der Waals surface area contributed by atoms with Crippen LogP contribution in [0.25, 0.3) is 11.1 Å². The van der Waals surface area contributed by atoms with Crippen LogP contribution >= 0.6 is 0 Å². The van der Waals surface area contributed by atoms with Gasteiger partial charge in [-0.2, -0.15) is 13.2 Å². The van der Waals surface area contributed by atoms with Crippen molar-refractivity contribution in [3.8, 4) is 11.1 Å². The van der Waals surface area contributed by atoms with E-state index in [0.29, 0.717) is 5.56 Å². The third-order valence-electron chi connectivity index (χ3n) is 4.24. The third kappa shape index (κ3) is 4.83. The Balaban J connectivity index is 1.76. The van der Waals surface area contributed by atoms with Crippen molar-refractivity contribution >= 4 is 29.3 Å². The number of carboxylic acids is 1. The van der Waals surface area contributed by atoms with Crippen molar-refractivity contribution in [2.45, 2.75) is 6.18 Å². The molecule has 0 unspecified atom stereocenters. The summed E-state index contributed by atoms with van der Waals surface area (Å²) in [6.45, 7) is 0. The monoisotopic (exact) mass is 432 g/mol. The zero-order valence-electron chi connectivity index (χ0n) is 15.6. The molecule has 2 aromatic carbocycles. The lowest BCUT2D eigenvalue weighted by atomic mass is 10.0. The minimum absolute atomic E-state index is 0.0477. The first-order valence-corrected chi connectivity index (χ1v) is 8.66. The number of aromatic amines is 1. The molecule has 1 heterocycles. The van der Waals surface area contributed by atoms with E-state index in [2.05, 4.69) is 15.6 Å². The molecule has 3 aromatic rings. The van der Waals surface area contributed by atoms with Crippen LogP contribution < -0.4 is 16.4 Å². The summed E-state index contributed by atoms with van der Waals surface area (Å²) in [5, 5.41) is 14.0. The molecule has 11 heteroatoms. The summed E-state index contributed by atoms with van der Waals surface area (Å²) in [5.74, 6) is -2.11. The summed E-state index contributed by atoms with van der Waals surface area (Å²) >= 11 is 0. The van der Waals surface area contributed by atoms with Gasteiger partial charge in [0.1, 0.15) is 5.69 Å². The number of amides is 3. The van der Waals surface area contributed by atoms with Gasteiger partial charge in [0.25, 0.3) is 5.91 Å². The number of hydrogen-bond acceptors (Lipinski definition) is 3. The number of hydrogen-bond donors (Lipinski definition) is 5. The number of aromatic nitrogens is 1. The number of halogens is 3. The fourth-order valence-corrected chi connectivity index (χ4v) is 2.87. The van der Waals surface area contributed by atoms with Gasteiger partial charge in [0, 0.05) is 23.1 Å². The fourth-order valence-electron chi connectivity index (χ4n) is 2.87. The highest BCUT2D eigenvalue weighted by Gasteiger charge is 2.30. The lowest BCUT2D eigenvalue weighted by molar-refractivity contribution is -0.137. The van der Waals surface area contributed by atoms with E-state index in [9.17, 15) is 32.7 Å². The second kappa shape index (κ2) is 8.22. The van der Waals surface area contributed by atoms with Crippen molar-refractivity contribution in [2.75, 3.05) is 10.6 Å². The van der Waals surface area contributed by atoms with E-state index < -0.39 is 29.6 Å². The Morgan fingerprint density at radius 1 is 0.968 bits per heavy atom. The number of carbonyl (C=O) groups is 3. The number of nitrogens with one attached hydrogen (secondary N) is 3. The van der Waals surface area contributed by atoms with Crippen molar-refractivity contribution < 1.29 is 32.7 Å². The summed E-state index contributed by atoms with van der Waals surface area (Å²) in [7, 11) is 0. The Hall–Kier alpha value is -4.28. The molecule has 0 bridgehead atoms. The quantitative estimate of drug-likeness (QED) is 0.414. The van der Waals surface area contributed by atoms with E-state index in [-0.39, 0.29) is 28.2 Å². The van der Waals surface area contributed by atoms with Crippen LogP contribution in [0.15, 0.2) is 54.7 Å². The van der Waals surface area contributed by atoms with Gasteiger partial charge < -0.3 is 26.5 Å². The van der Waals surface area contributed by atoms with E-state index in [1.54, 1.807) is 0 Å². The highest BCUT2D eigenvalue weighted by atomic mass is 19.4. The smallest absolute Gasteiger partial charge is 0.416 e. The number of carbonyl (C=O) groups excluding carboxylic acids is 2. The molecule has 31 heavy (non-hydrogen) atoms. The zero-order chi connectivity index (χ0) is 22.8. The molecule has 3 rings (SSSR count). The Kier molecular flexibility index (Phi) is 5.68. The molecule has 8 nitrogen and oxygen atoms in total. The van der Waals surface area contributed by atoms with E-state index >= 15 is 0 Å². The summed E-state index contributed by atoms with van der Waals surface area (Å²) < 4.78 is 38.3. The number of primary amides is 1. The average molecular weight is 432 g/mol. The van der Waals surface area contributed by atoms with Gasteiger partial charge >= 0.3 is 18.2 Å². The predicted molar refractivity (Wildman–Crippen MR) is 106 cm³/mol. The van der Waals surface area contributed by atoms with Crippen molar-refractivity contribution in [1.29, 1.82) is 0 Å². The molecule has 0 saturated carbocycles.